The molecule has 4 rings (SSSR count). The Labute approximate surface area is 166 Å². The van der Waals surface area contributed by atoms with E-state index in [-0.39, 0.29) is 0 Å². The number of methoxy groups -OCH3 is 3. The third kappa shape index (κ3) is 3.32. The van der Waals surface area contributed by atoms with E-state index in [2.05, 4.69) is 9.36 Å². The van der Waals surface area contributed by atoms with Crippen LogP contribution in [0.25, 0.3) is 33.2 Å². The van der Waals surface area contributed by atoms with Crippen LogP contribution in [0, 0.1) is 0 Å². The Bertz CT molecular complexity index is 1050. The summed E-state index contributed by atoms with van der Waals surface area (Å²) in [4.78, 5) is 5.17. The number of nitrogens with zero attached hydrogens (tertiary/aromatic N) is 2. The number of benzene rings is 2. The van der Waals surface area contributed by atoms with E-state index in [1.807, 2.05) is 42.5 Å². The lowest BCUT2D eigenvalue weighted by atomic mass is 10.1. The number of rotatable bonds is 6. The van der Waals surface area contributed by atoms with Gasteiger partial charge in [0.05, 0.1) is 38.1 Å². The molecule has 0 aliphatic rings. The molecule has 2 aromatic carbocycles. The van der Waals surface area contributed by atoms with Crippen LogP contribution in [0.1, 0.15) is 0 Å². The molecule has 0 unspecified atom stereocenters. The molecule has 0 saturated carbocycles. The van der Waals surface area contributed by atoms with Gasteiger partial charge in [-0.15, -0.1) is 0 Å². The number of hydrogen-bond acceptors (Lipinski definition) is 7. The van der Waals surface area contributed by atoms with Crippen LogP contribution >= 0.6 is 11.5 Å². The van der Waals surface area contributed by atoms with Crippen LogP contribution < -0.4 is 14.2 Å². The van der Waals surface area contributed by atoms with Gasteiger partial charge < -0.3 is 18.6 Å². The van der Waals surface area contributed by atoms with Crippen LogP contribution in [0.15, 0.2) is 59.3 Å². The Hall–Kier alpha value is -3.32. The van der Waals surface area contributed by atoms with Gasteiger partial charge >= 0.3 is 0 Å². The number of hydrogen-bond donors (Lipinski definition) is 0. The molecule has 0 aliphatic carbocycles. The minimum absolute atomic E-state index is 0.570. The molecule has 2 heterocycles. The molecule has 2 aromatic heterocycles. The second-order valence-corrected chi connectivity index (χ2v) is 6.71. The zero-order valence-corrected chi connectivity index (χ0v) is 16.4. The van der Waals surface area contributed by atoms with Gasteiger partial charge in [-0.2, -0.15) is 4.37 Å². The molecule has 0 radical (unpaired) electrons. The maximum atomic E-state index is 5.45. The highest BCUT2D eigenvalue weighted by Gasteiger charge is 2.16. The van der Waals surface area contributed by atoms with Crippen LogP contribution in [0.4, 0.5) is 0 Å². The van der Waals surface area contributed by atoms with Crippen LogP contribution in [0.5, 0.6) is 17.2 Å². The average molecular weight is 394 g/mol. The molecule has 0 aliphatic heterocycles. The number of oxazole rings is 1. The third-order valence-electron chi connectivity index (χ3n) is 4.32. The summed E-state index contributed by atoms with van der Waals surface area (Å²) in [6, 6.07) is 13.8. The van der Waals surface area contributed by atoms with Crippen molar-refractivity contribution in [3.63, 3.8) is 0 Å². The zero-order chi connectivity index (χ0) is 19.5. The average Bonchev–Trinajstić information content (AvgIpc) is 3.45. The van der Waals surface area contributed by atoms with Crippen LogP contribution in [0.2, 0.25) is 0 Å². The molecular weight excluding hydrogens is 376 g/mol. The topological polar surface area (TPSA) is 66.6 Å². The first-order chi connectivity index (χ1) is 13.7. The zero-order valence-electron chi connectivity index (χ0n) is 15.6. The van der Waals surface area contributed by atoms with E-state index in [1.54, 1.807) is 33.8 Å². The van der Waals surface area contributed by atoms with Gasteiger partial charge in [0, 0.05) is 16.7 Å². The standard InChI is InChI=1S/C21H18N2O4S/c1-24-17-10-15(11-18(25-2)20(17)26-3)19-12-16(23-28-19)13-4-6-14(7-5-13)21-22-8-9-27-21/h4-12H,1-3H3. The molecule has 0 N–H and O–H groups in total. The fraction of sp³-hybridized carbons (Fsp3) is 0.143. The second-order valence-electron chi connectivity index (χ2n) is 5.91. The first-order valence-corrected chi connectivity index (χ1v) is 9.28. The van der Waals surface area contributed by atoms with E-state index >= 15 is 0 Å². The molecule has 6 nitrogen and oxygen atoms in total. The van der Waals surface area contributed by atoms with Crippen molar-refractivity contribution in [3.8, 4) is 50.4 Å². The molecule has 28 heavy (non-hydrogen) atoms. The second kappa shape index (κ2) is 7.74. The summed E-state index contributed by atoms with van der Waals surface area (Å²) in [5.74, 6) is 2.40. The Morgan fingerprint density at radius 1 is 0.821 bits per heavy atom. The molecule has 0 amide bonds. The highest BCUT2D eigenvalue weighted by molar-refractivity contribution is 7.09. The minimum atomic E-state index is 0.570. The molecule has 0 bridgehead atoms. The van der Waals surface area contributed by atoms with Crippen molar-refractivity contribution in [2.75, 3.05) is 21.3 Å². The summed E-state index contributed by atoms with van der Waals surface area (Å²) in [7, 11) is 4.80. The molecular formula is C21H18N2O4S. The lowest BCUT2D eigenvalue weighted by Gasteiger charge is -2.13. The first-order valence-electron chi connectivity index (χ1n) is 8.51. The van der Waals surface area contributed by atoms with E-state index in [0.717, 1.165) is 27.3 Å². The van der Waals surface area contributed by atoms with E-state index in [1.165, 1.54) is 11.5 Å². The normalized spacial score (nSPS) is 10.7. The van der Waals surface area contributed by atoms with E-state index in [4.69, 9.17) is 18.6 Å². The monoisotopic (exact) mass is 394 g/mol. The van der Waals surface area contributed by atoms with Gasteiger partial charge in [0.1, 0.15) is 6.26 Å². The number of aromatic nitrogens is 2. The third-order valence-corrected chi connectivity index (χ3v) is 5.16. The molecule has 0 atom stereocenters. The predicted molar refractivity (Wildman–Crippen MR) is 108 cm³/mol. The smallest absolute Gasteiger partial charge is 0.225 e. The Kier molecular flexibility index (Phi) is 4.99. The summed E-state index contributed by atoms with van der Waals surface area (Å²) < 4.78 is 26.2. The molecule has 7 heteroatoms. The molecule has 0 saturated heterocycles. The Morgan fingerprint density at radius 3 is 2.07 bits per heavy atom. The van der Waals surface area contributed by atoms with Crippen molar-refractivity contribution in [2.24, 2.45) is 0 Å². The van der Waals surface area contributed by atoms with Crippen molar-refractivity contribution in [3.05, 3.63) is 54.9 Å². The van der Waals surface area contributed by atoms with Gasteiger partial charge in [0.15, 0.2) is 11.5 Å². The number of ether oxygens (including phenoxy) is 3. The SMILES string of the molecule is COc1cc(-c2cc(-c3ccc(-c4ncco4)cc3)ns2)cc(OC)c1OC. The molecule has 4 aromatic rings. The quantitative estimate of drug-likeness (QED) is 0.450. The summed E-state index contributed by atoms with van der Waals surface area (Å²) >= 11 is 1.42. The van der Waals surface area contributed by atoms with Crippen molar-refractivity contribution in [2.45, 2.75) is 0 Å². The van der Waals surface area contributed by atoms with E-state index in [0.29, 0.717) is 23.1 Å². The van der Waals surface area contributed by atoms with Crippen molar-refractivity contribution < 1.29 is 18.6 Å². The Morgan fingerprint density at radius 2 is 1.50 bits per heavy atom. The van der Waals surface area contributed by atoms with E-state index in [9.17, 15) is 0 Å². The van der Waals surface area contributed by atoms with Crippen molar-refractivity contribution in [1.29, 1.82) is 0 Å². The van der Waals surface area contributed by atoms with Gasteiger partial charge in [0.2, 0.25) is 11.6 Å². The van der Waals surface area contributed by atoms with Crippen LogP contribution in [-0.4, -0.2) is 30.7 Å². The van der Waals surface area contributed by atoms with Crippen molar-refractivity contribution >= 4 is 11.5 Å². The summed E-state index contributed by atoms with van der Waals surface area (Å²) in [6.07, 6.45) is 3.20. The lowest BCUT2D eigenvalue weighted by molar-refractivity contribution is 0.324. The maximum Gasteiger partial charge on any atom is 0.225 e. The first kappa shape index (κ1) is 18.1. The summed E-state index contributed by atoms with van der Waals surface area (Å²) in [6.45, 7) is 0. The van der Waals surface area contributed by atoms with Crippen LogP contribution in [-0.2, 0) is 0 Å². The van der Waals surface area contributed by atoms with Gasteiger partial charge in [0.25, 0.3) is 0 Å². The Balaban J connectivity index is 1.66. The molecule has 142 valence electrons. The minimum Gasteiger partial charge on any atom is -0.493 e. The fourth-order valence-corrected chi connectivity index (χ4v) is 3.66. The highest BCUT2D eigenvalue weighted by atomic mass is 32.1. The molecule has 0 spiro atoms. The highest BCUT2D eigenvalue weighted by Crippen LogP contribution is 2.42. The fourth-order valence-electron chi connectivity index (χ4n) is 2.92. The van der Waals surface area contributed by atoms with Gasteiger partial charge in [-0.05, 0) is 41.9 Å². The lowest BCUT2D eigenvalue weighted by Crippen LogP contribution is -1.95. The van der Waals surface area contributed by atoms with Crippen molar-refractivity contribution in [1.82, 2.24) is 9.36 Å². The van der Waals surface area contributed by atoms with Gasteiger partial charge in [-0.25, -0.2) is 4.98 Å². The van der Waals surface area contributed by atoms with Gasteiger partial charge in [-0.1, -0.05) is 12.1 Å². The molecule has 0 fully saturated rings. The summed E-state index contributed by atoms with van der Waals surface area (Å²) in [5.41, 5.74) is 3.79. The van der Waals surface area contributed by atoms with Crippen LogP contribution in [0.3, 0.4) is 0 Å². The largest absolute Gasteiger partial charge is 0.493 e. The maximum absolute atomic E-state index is 5.45. The van der Waals surface area contributed by atoms with E-state index < -0.39 is 0 Å². The summed E-state index contributed by atoms with van der Waals surface area (Å²) in [5, 5.41) is 0. The predicted octanol–water partition coefficient (Wildman–Crippen LogP) is 5.16. The van der Waals surface area contributed by atoms with Gasteiger partial charge in [-0.3, -0.25) is 0 Å².